The molecule has 2 aromatic carbocycles. The van der Waals surface area contributed by atoms with E-state index in [9.17, 15) is 4.79 Å². The second-order valence-electron chi connectivity index (χ2n) is 4.47. The summed E-state index contributed by atoms with van der Waals surface area (Å²) in [4.78, 5) is 11.8. The minimum atomic E-state index is -0.293. The van der Waals surface area contributed by atoms with Crippen molar-refractivity contribution >= 4 is 16.9 Å². The summed E-state index contributed by atoms with van der Waals surface area (Å²) in [5, 5.41) is 7.97. The number of aromatic amines is 1. The highest BCUT2D eigenvalue weighted by molar-refractivity contribution is 5.92. The highest BCUT2D eigenvalue weighted by atomic mass is 16.5. The van der Waals surface area contributed by atoms with Crippen LogP contribution in [0.4, 0.5) is 0 Å². The van der Waals surface area contributed by atoms with Crippen molar-refractivity contribution in [1.82, 2.24) is 10.2 Å². The Labute approximate surface area is 116 Å². The smallest absolute Gasteiger partial charge is 0.338 e. The SMILES string of the molecule is CCOC(=O)c1cccc(-c2ccc3[nH]ncc3c2)c1. The molecule has 0 aliphatic heterocycles. The summed E-state index contributed by atoms with van der Waals surface area (Å²) in [6, 6.07) is 13.5. The number of nitrogens with zero attached hydrogens (tertiary/aromatic N) is 1. The van der Waals surface area contributed by atoms with Gasteiger partial charge in [0.05, 0.1) is 23.9 Å². The van der Waals surface area contributed by atoms with E-state index >= 15 is 0 Å². The van der Waals surface area contributed by atoms with Gasteiger partial charge >= 0.3 is 5.97 Å². The van der Waals surface area contributed by atoms with Gasteiger partial charge in [0.2, 0.25) is 0 Å². The number of aromatic nitrogens is 2. The number of H-pyrrole nitrogens is 1. The van der Waals surface area contributed by atoms with Crippen LogP contribution in [0.25, 0.3) is 22.0 Å². The normalized spacial score (nSPS) is 10.7. The van der Waals surface area contributed by atoms with E-state index in [4.69, 9.17) is 4.74 Å². The Kier molecular flexibility index (Phi) is 3.21. The molecule has 3 aromatic rings. The first-order valence-electron chi connectivity index (χ1n) is 6.48. The van der Waals surface area contributed by atoms with Gasteiger partial charge in [0.25, 0.3) is 0 Å². The highest BCUT2D eigenvalue weighted by Gasteiger charge is 2.08. The molecule has 0 spiro atoms. The quantitative estimate of drug-likeness (QED) is 0.739. The summed E-state index contributed by atoms with van der Waals surface area (Å²) in [5.74, 6) is -0.293. The van der Waals surface area contributed by atoms with Crippen LogP contribution in [0.2, 0.25) is 0 Å². The molecule has 0 atom stereocenters. The fraction of sp³-hybridized carbons (Fsp3) is 0.125. The molecule has 0 aliphatic carbocycles. The molecule has 0 radical (unpaired) electrons. The summed E-state index contributed by atoms with van der Waals surface area (Å²) in [6.07, 6.45) is 1.79. The number of carbonyl (C=O) groups excluding carboxylic acids is 1. The van der Waals surface area contributed by atoms with Crippen LogP contribution in [0, 0.1) is 0 Å². The second-order valence-corrected chi connectivity index (χ2v) is 4.47. The molecule has 4 nitrogen and oxygen atoms in total. The zero-order chi connectivity index (χ0) is 13.9. The Hall–Kier alpha value is -2.62. The lowest BCUT2D eigenvalue weighted by Gasteiger charge is -2.05. The van der Waals surface area contributed by atoms with E-state index < -0.39 is 0 Å². The van der Waals surface area contributed by atoms with E-state index in [0.29, 0.717) is 12.2 Å². The number of benzene rings is 2. The molecule has 0 saturated heterocycles. The van der Waals surface area contributed by atoms with Crippen LogP contribution < -0.4 is 0 Å². The van der Waals surface area contributed by atoms with Crippen LogP contribution in [-0.2, 0) is 4.74 Å². The Balaban J connectivity index is 2.00. The van der Waals surface area contributed by atoms with Gasteiger partial charge in [0, 0.05) is 5.39 Å². The summed E-state index contributed by atoms with van der Waals surface area (Å²) in [6.45, 7) is 2.18. The zero-order valence-corrected chi connectivity index (χ0v) is 11.1. The highest BCUT2D eigenvalue weighted by Crippen LogP contribution is 2.24. The van der Waals surface area contributed by atoms with E-state index in [0.717, 1.165) is 22.0 Å². The van der Waals surface area contributed by atoms with Gasteiger partial charge in [0.1, 0.15) is 0 Å². The van der Waals surface area contributed by atoms with Gasteiger partial charge in [-0.3, -0.25) is 5.10 Å². The molecule has 20 heavy (non-hydrogen) atoms. The van der Waals surface area contributed by atoms with Crippen molar-refractivity contribution in [1.29, 1.82) is 0 Å². The predicted molar refractivity (Wildman–Crippen MR) is 77.5 cm³/mol. The van der Waals surface area contributed by atoms with Gasteiger partial charge < -0.3 is 4.74 Å². The molecular weight excluding hydrogens is 252 g/mol. The van der Waals surface area contributed by atoms with Crippen LogP contribution >= 0.6 is 0 Å². The van der Waals surface area contributed by atoms with Crippen molar-refractivity contribution in [2.75, 3.05) is 6.61 Å². The number of fused-ring (bicyclic) bond motifs is 1. The van der Waals surface area contributed by atoms with Gasteiger partial charge in [-0.25, -0.2) is 4.79 Å². The molecule has 0 saturated carbocycles. The number of ether oxygens (including phenoxy) is 1. The van der Waals surface area contributed by atoms with Crippen molar-refractivity contribution in [2.45, 2.75) is 6.92 Å². The molecule has 0 unspecified atom stereocenters. The van der Waals surface area contributed by atoms with Gasteiger partial charge in [-0.2, -0.15) is 5.10 Å². The van der Waals surface area contributed by atoms with Crippen LogP contribution in [-0.4, -0.2) is 22.8 Å². The summed E-state index contributed by atoms with van der Waals surface area (Å²) in [5.41, 5.74) is 3.59. The van der Waals surface area contributed by atoms with Crippen molar-refractivity contribution in [2.24, 2.45) is 0 Å². The number of esters is 1. The van der Waals surface area contributed by atoms with Gasteiger partial charge in [-0.1, -0.05) is 18.2 Å². The lowest BCUT2D eigenvalue weighted by molar-refractivity contribution is 0.0526. The maximum Gasteiger partial charge on any atom is 0.338 e. The molecule has 4 heteroatoms. The third-order valence-corrected chi connectivity index (χ3v) is 3.15. The minimum Gasteiger partial charge on any atom is -0.462 e. The number of rotatable bonds is 3. The van der Waals surface area contributed by atoms with E-state index in [-0.39, 0.29) is 5.97 Å². The Morgan fingerprint density at radius 3 is 2.90 bits per heavy atom. The maximum atomic E-state index is 11.8. The van der Waals surface area contributed by atoms with E-state index in [2.05, 4.69) is 10.2 Å². The van der Waals surface area contributed by atoms with Gasteiger partial charge in [0.15, 0.2) is 0 Å². The standard InChI is InChI=1S/C16H14N2O2/c1-2-20-16(19)13-5-3-4-11(8-13)12-6-7-15-14(9-12)10-17-18-15/h3-10H,2H2,1H3,(H,17,18). The number of hydrogen-bond donors (Lipinski definition) is 1. The van der Waals surface area contributed by atoms with Crippen LogP contribution in [0.15, 0.2) is 48.7 Å². The van der Waals surface area contributed by atoms with Crippen LogP contribution in [0.5, 0.6) is 0 Å². The first-order valence-corrected chi connectivity index (χ1v) is 6.48. The third-order valence-electron chi connectivity index (χ3n) is 3.15. The largest absolute Gasteiger partial charge is 0.462 e. The molecule has 0 bridgehead atoms. The third kappa shape index (κ3) is 2.28. The predicted octanol–water partition coefficient (Wildman–Crippen LogP) is 3.41. The van der Waals surface area contributed by atoms with Crippen molar-refractivity contribution in [3.05, 3.63) is 54.2 Å². The van der Waals surface area contributed by atoms with Crippen LogP contribution in [0.3, 0.4) is 0 Å². The van der Waals surface area contributed by atoms with Gasteiger partial charge in [-0.15, -0.1) is 0 Å². The lowest BCUT2D eigenvalue weighted by Crippen LogP contribution is -2.04. The van der Waals surface area contributed by atoms with E-state index in [1.807, 2.05) is 36.4 Å². The zero-order valence-electron chi connectivity index (χ0n) is 11.1. The average molecular weight is 266 g/mol. The van der Waals surface area contributed by atoms with Gasteiger partial charge in [-0.05, 0) is 42.3 Å². The number of carbonyl (C=O) groups is 1. The molecule has 1 heterocycles. The first kappa shape index (κ1) is 12.4. The van der Waals surface area contributed by atoms with E-state index in [1.54, 1.807) is 19.2 Å². The van der Waals surface area contributed by atoms with Crippen molar-refractivity contribution in [3.8, 4) is 11.1 Å². The van der Waals surface area contributed by atoms with E-state index in [1.165, 1.54) is 0 Å². The fourth-order valence-electron chi connectivity index (χ4n) is 2.16. The van der Waals surface area contributed by atoms with Crippen molar-refractivity contribution < 1.29 is 9.53 Å². The molecule has 100 valence electrons. The fourth-order valence-corrected chi connectivity index (χ4v) is 2.16. The summed E-state index contributed by atoms with van der Waals surface area (Å²) >= 11 is 0. The number of nitrogens with one attached hydrogen (secondary N) is 1. The molecule has 1 aromatic heterocycles. The Morgan fingerprint density at radius 1 is 1.20 bits per heavy atom. The average Bonchev–Trinajstić information content (AvgIpc) is 2.95. The topological polar surface area (TPSA) is 55.0 Å². The Bertz CT molecular complexity index is 762. The summed E-state index contributed by atoms with van der Waals surface area (Å²) < 4.78 is 5.02. The molecule has 0 aliphatic rings. The summed E-state index contributed by atoms with van der Waals surface area (Å²) in [7, 11) is 0. The lowest BCUT2D eigenvalue weighted by atomic mass is 10.0. The Morgan fingerprint density at radius 2 is 2.05 bits per heavy atom. The molecule has 1 N–H and O–H groups in total. The second kappa shape index (κ2) is 5.17. The minimum absolute atomic E-state index is 0.293. The molecule has 0 fully saturated rings. The first-order chi connectivity index (χ1) is 9.78. The molecule has 0 amide bonds. The van der Waals surface area contributed by atoms with Crippen LogP contribution in [0.1, 0.15) is 17.3 Å². The number of hydrogen-bond acceptors (Lipinski definition) is 3. The maximum absolute atomic E-state index is 11.8. The molecule has 3 rings (SSSR count). The monoisotopic (exact) mass is 266 g/mol. The molecular formula is C16H14N2O2. The van der Waals surface area contributed by atoms with Crippen molar-refractivity contribution in [3.63, 3.8) is 0 Å².